The van der Waals surface area contributed by atoms with Gasteiger partial charge in [-0.1, -0.05) is 6.07 Å². The third-order valence-corrected chi connectivity index (χ3v) is 3.95. The lowest BCUT2D eigenvalue weighted by atomic mass is 10.3. The fraction of sp³-hybridized carbons (Fsp3) is 0.412. The molecular weight excluding hydrogens is 304 g/mol. The molecule has 0 unspecified atom stereocenters. The standard InChI is InChI=1S/C17H22N6O/c24-17-5-2-8-23(17)9-3-7-19-15-10-16(22-13-21-15)20-12-14-4-1-6-18-11-14/h1,4,6,10-11,13H,2-3,5,7-9,12H2,(H2,19,20,21,22). The summed E-state index contributed by atoms with van der Waals surface area (Å²) in [7, 11) is 0. The second kappa shape index (κ2) is 8.24. The molecule has 0 atom stereocenters. The Morgan fingerprint density at radius 1 is 1.21 bits per heavy atom. The van der Waals surface area contributed by atoms with E-state index in [-0.39, 0.29) is 5.91 Å². The highest BCUT2D eigenvalue weighted by Crippen LogP contribution is 2.12. The predicted octanol–water partition coefficient (Wildman–Crippen LogP) is 1.91. The quantitative estimate of drug-likeness (QED) is 0.721. The van der Waals surface area contributed by atoms with Crippen LogP contribution in [0.5, 0.6) is 0 Å². The van der Waals surface area contributed by atoms with E-state index < -0.39 is 0 Å². The summed E-state index contributed by atoms with van der Waals surface area (Å²) in [6.45, 7) is 3.15. The minimum Gasteiger partial charge on any atom is -0.370 e. The van der Waals surface area contributed by atoms with E-state index in [0.29, 0.717) is 13.0 Å². The van der Waals surface area contributed by atoms with Gasteiger partial charge in [-0.3, -0.25) is 9.78 Å². The van der Waals surface area contributed by atoms with Gasteiger partial charge < -0.3 is 15.5 Å². The number of hydrogen-bond acceptors (Lipinski definition) is 6. The molecule has 2 aromatic rings. The second-order valence-corrected chi connectivity index (χ2v) is 5.77. The molecule has 0 saturated carbocycles. The smallest absolute Gasteiger partial charge is 0.222 e. The van der Waals surface area contributed by atoms with Crippen LogP contribution in [0.4, 0.5) is 11.6 Å². The zero-order valence-electron chi connectivity index (χ0n) is 13.6. The molecule has 3 heterocycles. The van der Waals surface area contributed by atoms with Gasteiger partial charge in [-0.15, -0.1) is 0 Å². The van der Waals surface area contributed by atoms with Crippen molar-refractivity contribution in [2.45, 2.75) is 25.8 Å². The van der Waals surface area contributed by atoms with Gasteiger partial charge >= 0.3 is 0 Å². The average Bonchev–Trinajstić information content (AvgIpc) is 3.03. The number of anilines is 2. The maximum Gasteiger partial charge on any atom is 0.222 e. The molecule has 1 aliphatic heterocycles. The molecule has 1 saturated heterocycles. The summed E-state index contributed by atoms with van der Waals surface area (Å²) in [5.74, 6) is 1.83. The van der Waals surface area contributed by atoms with E-state index in [2.05, 4.69) is 25.6 Å². The van der Waals surface area contributed by atoms with Gasteiger partial charge in [0.05, 0.1) is 0 Å². The van der Waals surface area contributed by atoms with Crippen LogP contribution in [0.1, 0.15) is 24.8 Å². The van der Waals surface area contributed by atoms with Crippen LogP contribution >= 0.6 is 0 Å². The summed E-state index contributed by atoms with van der Waals surface area (Å²) < 4.78 is 0. The first-order valence-electron chi connectivity index (χ1n) is 8.28. The number of carbonyl (C=O) groups is 1. The zero-order chi connectivity index (χ0) is 16.6. The Morgan fingerprint density at radius 2 is 2.08 bits per heavy atom. The molecule has 2 aromatic heterocycles. The summed E-state index contributed by atoms with van der Waals surface area (Å²) in [4.78, 5) is 26.0. The van der Waals surface area contributed by atoms with Crippen LogP contribution in [-0.2, 0) is 11.3 Å². The molecule has 1 amide bonds. The zero-order valence-corrected chi connectivity index (χ0v) is 13.6. The molecule has 7 nitrogen and oxygen atoms in total. The van der Waals surface area contributed by atoms with Crippen molar-refractivity contribution in [2.75, 3.05) is 30.3 Å². The molecule has 0 bridgehead atoms. The summed E-state index contributed by atoms with van der Waals surface area (Å²) in [5.41, 5.74) is 1.10. The fourth-order valence-electron chi connectivity index (χ4n) is 2.67. The average molecular weight is 326 g/mol. The Balaban J connectivity index is 1.42. The maximum atomic E-state index is 11.5. The lowest BCUT2D eigenvalue weighted by molar-refractivity contribution is -0.127. The molecule has 0 aliphatic carbocycles. The van der Waals surface area contributed by atoms with Crippen molar-refractivity contribution >= 4 is 17.5 Å². The largest absolute Gasteiger partial charge is 0.370 e. The fourth-order valence-corrected chi connectivity index (χ4v) is 2.67. The maximum absolute atomic E-state index is 11.5. The highest BCUT2D eigenvalue weighted by molar-refractivity contribution is 5.78. The van der Waals surface area contributed by atoms with Crippen molar-refractivity contribution in [3.8, 4) is 0 Å². The van der Waals surface area contributed by atoms with E-state index >= 15 is 0 Å². The molecule has 0 aromatic carbocycles. The monoisotopic (exact) mass is 326 g/mol. The van der Waals surface area contributed by atoms with E-state index in [0.717, 1.165) is 49.7 Å². The Kier molecular flexibility index (Phi) is 5.55. The number of pyridine rings is 1. The van der Waals surface area contributed by atoms with Crippen molar-refractivity contribution in [1.82, 2.24) is 19.9 Å². The number of aromatic nitrogens is 3. The number of nitrogens with one attached hydrogen (secondary N) is 2. The number of amides is 1. The number of likely N-dealkylation sites (tertiary alicyclic amines) is 1. The predicted molar refractivity (Wildman–Crippen MR) is 92.5 cm³/mol. The number of nitrogens with zero attached hydrogens (tertiary/aromatic N) is 4. The molecule has 1 aliphatic rings. The summed E-state index contributed by atoms with van der Waals surface area (Å²) in [6, 6.07) is 5.81. The molecule has 7 heteroatoms. The van der Waals surface area contributed by atoms with E-state index in [1.54, 1.807) is 6.20 Å². The van der Waals surface area contributed by atoms with Crippen molar-refractivity contribution in [2.24, 2.45) is 0 Å². The third kappa shape index (κ3) is 4.65. The lowest BCUT2D eigenvalue weighted by Crippen LogP contribution is -2.27. The number of carbonyl (C=O) groups excluding carboxylic acids is 1. The molecule has 24 heavy (non-hydrogen) atoms. The molecule has 2 N–H and O–H groups in total. The van der Waals surface area contributed by atoms with Crippen molar-refractivity contribution in [3.63, 3.8) is 0 Å². The van der Waals surface area contributed by atoms with Gasteiger partial charge in [0.15, 0.2) is 0 Å². The highest BCUT2D eigenvalue weighted by Gasteiger charge is 2.18. The first kappa shape index (κ1) is 16.2. The van der Waals surface area contributed by atoms with Gasteiger partial charge in [-0.2, -0.15) is 0 Å². The van der Waals surface area contributed by atoms with Gasteiger partial charge in [-0.05, 0) is 24.5 Å². The van der Waals surface area contributed by atoms with Crippen molar-refractivity contribution in [3.05, 3.63) is 42.5 Å². The molecule has 1 fully saturated rings. The molecule has 0 radical (unpaired) electrons. The second-order valence-electron chi connectivity index (χ2n) is 5.77. The van der Waals surface area contributed by atoms with Crippen LogP contribution < -0.4 is 10.6 Å². The van der Waals surface area contributed by atoms with Gasteiger partial charge in [0.2, 0.25) is 5.91 Å². The van der Waals surface area contributed by atoms with Crippen LogP contribution in [-0.4, -0.2) is 45.4 Å². The Bertz CT molecular complexity index is 663. The summed E-state index contributed by atoms with van der Waals surface area (Å²) in [5, 5.41) is 6.54. The minimum atomic E-state index is 0.277. The molecular formula is C17H22N6O. The first-order valence-corrected chi connectivity index (χ1v) is 8.28. The van der Waals surface area contributed by atoms with Gasteiger partial charge in [0.1, 0.15) is 18.0 Å². The van der Waals surface area contributed by atoms with Crippen LogP contribution in [0.25, 0.3) is 0 Å². The van der Waals surface area contributed by atoms with Crippen molar-refractivity contribution in [1.29, 1.82) is 0 Å². The van der Waals surface area contributed by atoms with Crippen molar-refractivity contribution < 1.29 is 4.79 Å². The van der Waals surface area contributed by atoms with Gasteiger partial charge in [0, 0.05) is 51.1 Å². The molecule has 3 rings (SSSR count). The Labute approximate surface area is 141 Å². The number of rotatable bonds is 8. The van der Waals surface area contributed by atoms with Crippen LogP contribution in [0.2, 0.25) is 0 Å². The summed E-state index contributed by atoms with van der Waals surface area (Å²) in [6.07, 6.45) is 7.72. The lowest BCUT2D eigenvalue weighted by Gasteiger charge is -2.15. The van der Waals surface area contributed by atoms with Crippen LogP contribution in [0, 0.1) is 0 Å². The van der Waals surface area contributed by atoms with E-state index in [9.17, 15) is 4.79 Å². The number of hydrogen-bond donors (Lipinski definition) is 2. The Morgan fingerprint density at radius 3 is 2.83 bits per heavy atom. The van der Waals surface area contributed by atoms with Gasteiger partial charge in [-0.25, -0.2) is 9.97 Å². The molecule has 0 spiro atoms. The highest BCUT2D eigenvalue weighted by atomic mass is 16.2. The Hall–Kier alpha value is -2.70. The normalized spacial score (nSPS) is 14.0. The SMILES string of the molecule is O=C1CCCN1CCCNc1cc(NCc2cccnc2)ncn1. The van der Waals surface area contributed by atoms with E-state index in [4.69, 9.17) is 0 Å². The third-order valence-electron chi connectivity index (χ3n) is 3.95. The first-order chi connectivity index (χ1) is 11.8. The minimum absolute atomic E-state index is 0.277. The van der Waals surface area contributed by atoms with Gasteiger partial charge in [0.25, 0.3) is 0 Å². The van der Waals surface area contributed by atoms with E-state index in [1.165, 1.54) is 6.33 Å². The topological polar surface area (TPSA) is 83.0 Å². The summed E-state index contributed by atoms with van der Waals surface area (Å²) >= 11 is 0. The molecule has 126 valence electrons. The van der Waals surface area contributed by atoms with E-state index in [1.807, 2.05) is 29.3 Å². The van der Waals surface area contributed by atoms with Crippen LogP contribution in [0.3, 0.4) is 0 Å². The van der Waals surface area contributed by atoms with Crippen LogP contribution in [0.15, 0.2) is 36.9 Å².